The first-order valence-corrected chi connectivity index (χ1v) is 14.4. The molecule has 0 N–H and O–H groups in total. The van der Waals surface area contributed by atoms with E-state index in [-0.39, 0.29) is 16.8 Å². The van der Waals surface area contributed by atoms with Gasteiger partial charge in [0.25, 0.3) is 5.69 Å². The molecule has 0 amide bonds. The van der Waals surface area contributed by atoms with Crippen molar-refractivity contribution in [2.75, 3.05) is 29.5 Å². The molecule has 0 unspecified atom stereocenters. The van der Waals surface area contributed by atoms with Gasteiger partial charge in [0.1, 0.15) is 11.9 Å². The summed E-state index contributed by atoms with van der Waals surface area (Å²) in [7, 11) is 0. The minimum atomic E-state index is -0.291. The third-order valence-electron chi connectivity index (χ3n) is 6.67. The van der Waals surface area contributed by atoms with Crippen molar-refractivity contribution in [3.05, 3.63) is 113 Å². The molecule has 0 aliphatic carbocycles. The van der Waals surface area contributed by atoms with Crippen LogP contribution in [0.2, 0.25) is 0 Å². The molecule has 1 saturated heterocycles. The molecule has 0 atom stereocenters. The van der Waals surface area contributed by atoms with Crippen LogP contribution in [-0.2, 0) is 0 Å². The van der Waals surface area contributed by atoms with Crippen LogP contribution in [0, 0.1) is 10.1 Å². The largest absolute Gasteiger partial charge is 0.494 e. The molecule has 5 aromatic rings. The average Bonchev–Trinajstić information content (AvgIpc) is 3.58. The van der Waals surface area contributed by atoms with Crippen LogP contribution < -0.4 is 14.5 Å². The molecule has 1 aliphatic heterocycles. The average molecular weight is 555 g/mol. The van der Waals surface area contributed by atoms with Gasteiger partial charge in [-0.3, -0.25) is 10.1 Å². The number of hydrogen-bond acceptors (Lipinski definition) is 8. The lowest BCUT2D eigenvalue weighted by molar-refractivity contribution is -0.387. The van der Waals surface area contributed by atoms with Crippen LogP contribution in [0.1, 0.15) is 18.7 Å². The fourth-order valence-corrected chi connectivity index (χ4v) is 7.11. The highest BCUT2D eigenvalue weighted by molar-refractivity contribution is 8.01. The van der Waals surface area contributed by atoms with E-state index < -0.39 is 0 Å². The zero-order chi connectivity index (χ0) is 26.8. The lowest BCUT2D eigenvalue weighted by Gasteiger charge is -2.33. The Kier molecular flexibility index (Phi) is 7.08. The Bertz CT molecular complexity index is 1560. The standard InChI is InChI=1S/C30H26N4O3S2/c1-2-37-24-14-15-25-28(20-24)39-30(31-25)38-27-16-13-21(19-26(27)34(35)36)29-32(22-9-5-3-6-10-22)17-18-33(29)23-11-7-4-8-12-23/h3-16,19-20,29H,2,17-18H2,1H3. The third kappa shape index (κ3) is 5.15. The summed E-state index contributed by atoms with van der Waals surface area (Å²) < 4.78 is 7.36. The molecule has 7 nitrogen and oxygen atoms in total. The molecule has 0 bridgehead atoms. The van der Waals surface area contributed by atoms with Crippen LogP contribution >= 0.6 is 23.1 Å². The number of para-hydroxylation sites is 2. The van der Waals surface area contributed by atoms with Crippen molar-refractivity contribution in [2.45, 2.75) is 22.3 Å². The number of nitrogens with zero attached hydrogens (tertiary/aromatic N) is 4. The Balaban J connectivity index is 1.36. The van der Waals surface area contributed by atoms with Gasteiger partial charge in [0.05, 0.1) is 26.6 Å². The van der Waals surface area contributed by atoms with E-state index in [4.69, 9.17) is 9.72 Å². The summed E-state index contributed by atoms with van der Waals surface area (Å²) in [5, 5.41) is 12.3. The number of thiazole rings is 1. The van der Waals surface area contributed by atoms with Crippen LogP contribution in [0.4, 0.5) is 17.1 Å². The molecule has 2 heterocycles. The highest BCUT2D eigenvalue weighted by Gasteiger charge is 2.35. The lowest BCUT2D eigenvalue weighted by Crippen LogP contribution is -2.31. The van der Waals surface area contributed by atoms with E-state index in [1.54, 1.807) is 6.07 Å². The molecule has 0 saturated carbocycles. The second-order valence-electron chi connectivity index (χ2n) is 9.06. The third-order valence-corrected chi connectivity index (χ3v) is 8.82. The summed E-state index contributed by atoms with van der Waals surface area (Å²) in [5.74, 6) is 0.794. The number of nitro benzene ring substituents is 1. The monoisotopic (exact) mass is 554 g/mol. The molecule has 0 spiro atoms. The Morgan fingerprint density at radius 2 is 1.62 bits per heavy atom. The number of aromatic nitrogens is 1. The normalized spacial score (nSPS) is 13.8. The molecule has 9 heteroatoms. The molecule has 1 fully saturated rings. The number of anilines is 2. The van der Waals surface area contributed by atoms with Crippen molar-refractivity contribution >= 4 is 50.4 Å². The second-order valence-corrected chi connectivity index (χ2v) is 11.4. The predicted octanol–water partition coefficient (Wildman–Crippen LogP) is 7.78. The van der Waals surface area contributed by atoms with Crippen molar-refractivity contribution in [2.24, 2.45) is 0 Å². The Hall–Kier alpha value is -4.08. The zero-order valence-electron chi connectivity index (χ0n) is 21.3. The Morgan fingerprint density at radius 1 is 0.949 bits per heavy atom. The first kappa shape index (κ1) is 25.2. The van der Waals surface area contributed by atoms with Gasteiger partial charge >= 0.3 is 0 Å². The smallest absolute Gasteiger partial charge is 0.283 e. The summed E-state index contributed by atoms with van der Waals surface area (Å²) >= 11 is 2.84. The number of ether oxygens (including phenoxy) is 1. The zero-order valence-corrected chi connectivity index (χ0v) is 22.9. The van der Waals surface area contributed by atoms with E-state index in [0.717, 1.165) is 50.3 Å². The molecule has 39 heavy (non-hydrogen) atoms. The van der Waals surface area contributed by atoms with E-state index in [2.05, 4.69) is 34.1 Å². The van der Waals surface area contributed by atoms with Gasteiger partial charge in [-0.15, -0.1) is 11.3 Å². The van der Waals surface area contributed by atoms with Crippen molar-refractivity contribution in [3.63, 3.8) is 0 Å². The molecular formula is C30H26N4O3S2. The second kappa shape index (κ2) is 11.0. The first-order chi connectivity index (χ1) is 19.1. The lowest BCUT2D eigenvalue weighted by atomic mass is 10.1. The van der Waals surface area contributed by atoms with Gasteiger partial charge in [0, 0.05) is 36.1 Å². The summed E-state index contributed by atoms with van der Waals surface area (Å²) in [5.41, 5.74) is 3.99. The maximum atomic E-state index is 12.3. The van der Waals surface area contributed by atoms with Gasteiger partial charge in [0.2, 0.25) is 0 Å². The maximum Gasteiger partial charge on any atom is 0.283 e. The summed E-state index contributed by atoms with van der Waals surface area (Å²) in [6.07, 6.45) is -0.174. The van der Waals surface area contributed by atoms with Crippen LogP contribution in [0.25, 0.3) is 10.2 Å². The highest BCUT2D eigenvalue weighted by Crippen LogP contribution is 2.43. The molecule has 196 valence electrons. The van der Waals surface area contributed by atoms with E-state index in [0.29, 0.717) is 11.5 Å². The molecule has 6 rings (SSSR count). The number of hydrogen-bond donors (Lipinski definition) is 0. The molecule has 1 aromatic heterocycles. The van der Waals surface area contributed by atoms with Crippen molar-refractivity contribution in [1.29, 1.82) is 0 Å². The number of benzene rings is 4. The van der Waals surface area contributed by atoms with Crippen molar-refractivity contribution in [3.8, 4) is 5.75 Å². The molecule has 1 aliphatic rings. The van der Waals surface area contributed by atoms with Gasteiger partial charge in [0.15, 0.2) is 4.34 Å². The number of fused-ring (bicyclic) bond motifs is 1. The van der Waals surface area contributed by atoms with Gasteiger partial charge in [-0.05, 0) is 55.5 Å². The van der Waals surface area contributed by atoms with Gasteiger partial charge < -0.3 is 14.5 Å². The van der Waals surface area contributed by atoms with Gasteiger partial charge in [-0.1, -0.05) is 54.2 Å². The van der Waals surface area contributed by atoms with Gasteiger partial charge in [-0.2, -0.15) is 0 Å². The summed E-state index contributed by atoms with van der Waals surface area (Å²) in [6.45, 7) is 4.16. The fraction of sp³-hybridized carbons (Fsp3) is 0.167. The van der Waals surface area contributed by atoms with Crippen molar-refractivity contribution in [1.82, 2.24) is 4.98 Å². The van der Waals surface area contributed by atoms with E-state index >= 15 is 0 Å². The van der Waals surface area contributed by atoms with E-state index in [1.807, 2.05) is 73.7 Å². The highest BCUT2D eigenvalue weighted by atomic mass is 32.2. The number of rotatable bonds is 8. The molecule has 4 aromatic carbocycles. The van der Waals surface area contributed by atoms with E-state index in [9.17, 15) is 10.1 Å². The maximum absolute atomic E-state index is 12.3. The minimum Gasteiger partial charge on any atom is -0.494 e. The molecule has 0 radical (unpaired) electrons. The summed E-state index contributed by atoms with van der Waals surface area (Å²) in [4.78, 5) is 21.9. The number of nitro groups is 1. The van der Waals surface area contributed by atoms with Crippen LogP contribution in [-0.4, -0.2) is 29.6 Å². The quantitative estimate of drug-likeness (QED) is 0.143. The SMILES string of the molecule is CCOc1ccc2nc(Sc3ccc(C4N(c5ccccc5)CCN4c4ccccc4)cc3[N+](=O)[O-])sc2c1. The fourth-order valence-electron chi connectivity index (χ4n) is 4.97. The van der Waals surface area contributed by atoms with Gasteiger partial charge in [-0.25, -0.2) is 4.98 Å². The van der Waals surface area contributed by atoms with Crippen LogP contribution in [0.15, 0.2) is 106 Å². The van der Waals surface area contributed by atoms with E-state index in [1.165, 1.54) is 23.1 Å². The van der Waals surface area contributed by atoms with Crippen LogP contribution in [0.3, 0.4) is 0 Å². The predicted molar refractivity (Wildman–Crippen MR) is 158 cm³/mol. The van der Waals surface area contributed by atoms with Crippen molar-refractivity contribution < 1.29 is 9.66 Å². The minimum absolute atomic E-state index is 0.0830. The molecular weight excluding hydrogens is 528 g/mol. The Morgan fingerprint density at radius 3 is 2.23 bits per heavy atom. The first-order valence-electron chi connectivity index (χ1n) is 12.7. The topological polar surface area (TPSA) is 71.7 Å². The summed E-state index contributed by atoms with van der Waals surface area (Å²) in [6, 6.07) is 31.8. The Labute approximate surface area is 234 Å². The van der Waals surface area contributed by atoms with Crippen LogP contribution in [0.5, 0.6) is 5.75 Å².